The number of hydrogen-bond donors (Lipinski definition) is 0. The van der Waals surface area contributed by atoms with Gasteiger partial charge in [0.25, 0.3) is 0 Å². The van der Waals surface area contributed by atoms with E-state index in [0.29, 0.717) is 11.7 Å². The molecule has 0 aliphatic heterocycles. The lowest BCUT2D eigenvalue weighted by Crippen LogP contribution is -2.03. The third kappa shape index (κ3) is 4.70. The Morgan fingerprint density at radius 2 is 0.850 bits per heavy atom. The van der Waals surface area contributed by atoms with Crippen LogP contribution in [0.25, 0.3) is 116 Å². The van der Waals surface area contributed by atoms with E-state index in [-0.39, 0.29) is 0 Å². The molecule has 0 atom stereocenters. The van der Waals surface area contributed by atoms with Gasteiger partial charge in [-0.3, -0.25) is 4.57 Å². The van der Waals surface area contributed by atoms with E-state index < -0.39 is 0 Å². The van der Waals surface area contributed by atoms with Crippen molar-refractivity contribution in [1.29, 1.82) is 0 Å². The molecule has 0 radical (unpaired) electrons. The normalized spacial score (nSPS) is 12.0. The molecule has 13 aromatic rings. The molecule has 280 valence electrons. The highest BCUT2D eigenvalue weighted by molar-refractivity contribution is 6.16. The summed E-state index contributed by atoms with van der Waals surface area (Å²) >= 11 is 0. The highest BCUT2D eigenvalue weighted by Crippen LogP contribution is 2.42. The predicted octanol–water partition coefficient (Wildman–Crippen LogP) is 13.8. The van der Waals surface area contributed by atoms with Gasteiger partial charge in [0.1, 0.15) is 0 Å². The van der Waals surface area contributed by atoms with Crippen LogP contribution in [0.4, 0.5) is 0 Å². The van der Waals surface area contributed by atoms with Crippen molar-refractivity contribution >= 4 is 76.5 Å². The molecule has 6 heteroatoms. The van der Waals surface area contributed by atoms with E-state index in [2.05, 4.69) is 202 Å². The van der Waals surface area contributed by atoms with Gasteiger partial charge < -0.3 is 13.6 Å². The summed E-state index contributed by atoms with van der Waals surface area (Å²) in [6.07, 6.45) is 1.71. The van der Waals surface area contributed by atoms with E-state index in [4.69, 9.17) is 14.4 Å². The van der Waals surface area contributed by atoms with Crippen LogP contribution in [0, 0.1) is 0 Å². The predicted molar refractivity (Wildman–Crippen MR) is 246 cm³/mol. The first-order chi connectivity index (χ1) is 29.8. The number of hydrogen-bond acceptors (Lipinski definition) is 3. The average molecular weight is 768 g/mol. The molecule has 0 aliphatic carbocycles. The molecular formula is C54H33N5O. The zero-order valence-electron chi connectivity index (χ0n) is 32.2. The van der Waals surface area contributed by atoms with Crippen molar-refractivity contribution in [2.24, 2.45) is 0 Å². The number of benzene rings is 8. The van der Waals surface area contributed by atoms with Gasteiger partial charge in [0.2, 0.25) is 11.7 Å². The Labute approximate surface area is 343 Å². The Morgan fingerprint density at radius 3 is 1.50 bits per heavy atom. The fourth-order valence-electron chi connectivity index (χ4n) is 9.58. The van der Waals surface area contributed by atoms with E-state index in [1.54, 1.807) is 6.26 Å². The summed E-state index contributed by atoms with van der Waals surface area (Å²) in [6.45, 7) is 0. The molecule has 0 N–H and O–H groups in total. The molecule has 0 aliphatic rings. The first kappa shape index (κ1) is 32.8. The smallest absolute Gasteiger partial charge is 0.238 e. The van der Waals surface area contributed by atoms with Gasteiger partial charge in [0, 0.05) is 49.3 Å². The molecule has 8 aromatic carbocycles. The van der Waals surface area contributed by atoms with Gasteiger partial charge in [0.15, 0.2) is 0 Å². The standard InChI is InChI=1S/C54H33N5O/c1-3-14-36(15-4-1)57-46-23-10-8-19-39(46)44-32-34(26-28-49(44)57)35-27-29-50-45(33-35)40-20-9-12-25-48(40)59(50)54-55-51(43-30-31-60-53(43)56-54)42-22-13-21-41-38-18-7-11-24-47(38)58(52(41)42)37-16-5-2-6-17-37/h1-33H. The zero-order valence-corrected chi connectivity index (χ0v) is 32.2. The zero-order chi connectivity index (χ0) is 39.3. The lowest BCUT2D eigenvalue weighted by atomic mass is 10.0. The number of rotatable bonds is 5. The second-order valence-corrected chi connectivity index (χ2v) is 15.4. The Hall–Kier alpha value is -8.22. The average Bonchev–Trinajstić information content (AvgIpc) is 4.09. The van der Waals surface area contributed by atoms with E-state index in [1.807, 2.05) is 6.07 Å². The molecule has 60 heavy (non-hydrogen) atoms. The molecule has 0 amide bonds. The van der Waals surface area contributed by atoms with Gasteiger partial charge >= 0.3 is 0 Å². The topological polar surface area (TPSA) is 53.7 Å². The van der Waals surface area contributed by atoms with Crippen molar-refractivity contribution in [2.45, 2.75) is 0 Å². The van der Waals surface area contributed by atoms with Gasteiger partial charge in [-0.1, -0.05) is 121 Å². The Balaban J connectivity index is 1.02. The Bertz CT molecular complexity index is 3830. The van der Waals surface area contributed by atoms with Crippen LogP contribution in [-0.2, 0) is 0 Å². The van der Waals surface area contributed by atoms with Gasteiger partial charge in [-0.05, 0) is 83.9 Å². The summed E-state index contributed by atoms with van der Waals surface area (Å²) in [5.41, 5.74) is 13.6. The molecule has 5 aromatic heterocycles. The summed E-state index contributed by atoms with van der Waals surface area (Å²) in [7, 11) is 0. The van der Waals surface area contributed by atoms with Gasteiger partial charge in [-0.15, -0.1) is 0 Å². The summed E-state index contributed by atoms with van der Waals surface area (Å²) in [5, 5.41) is 7.94. The summed E-state index contributed by atoms with van der Waals surface area (Å²) in [6, 6.07) is 69.1. The largest absolute Gasteiger partial charge is 0.446 e. The van der Waals surface area contributed by atoms with Crippen molar-refractivity contribution in [3.8, 4) is 39.7 Å². The number of para-hydroxylation sites is 6. The van der Waals surface area contributed by atoms with E-state index >= 15 is 0 Å². The SMILES string of the molecule is c1ccc(-n2c3ccccc3c3cc(-c4ccc5c(c4)c4ccccc4n5-c4nc(-c5cccc6c7ccccc7n(-c7ccccc7)c56)c5ccoc5n4)ccc32)cc1. The fourth-order valence-corrected chi connectivity index (χ4v) is 9.58. The maximum atomic E-state index is 6.13. The van der Waals surface area contributed by atoms with Crippen molar-refractivity contribution in [3.05, 3.63) is 200 Å². The molecule has 0 bridgehead atoms. The number of aromatic nitrogens is 5. The molecule has 5 heterocycles. The van der Waals surface area contributed by atoms with Gasteiger partial charge in [0.05, 0.1) is 50.4 Å². The lowest BCUT2D eigenvalue weighted by molar-refractivity contribution is 0.601. The number of fused-ring (bicyclic) bond motifs is 10. The second kappa shape index (κ2) is 12.6. The monoisotopic (exact) mass is 767 g/mol. The number of furan rings is 1. The van der Waals surface area contributed by atoms with Crippen LogP contribution in [0.2, 0.25) is 0 Å². The molecule has 6 nitrogen and oxygen atoms in total. The fraction of sp³-hybridized carbons (Fsp3) is 0. The van der Waals surface area contributed by atoms with Crippen molar-refractivity contribution in [1.82, 2.24) is 23.7 Å². The molecule has 0 saturated carbocycles. The van der Waals surface area contributed by atoms with E-state index in [9.17, 15) is 0 Å². The highest BCUT2D eigenvalue weighted by atomic mass is 16.3. The van der Waals surface area contributed by atoms with Crippen LogP contribution in [0.3, 0.4) is 0 Å². The Morgan fingerprint density at radius 1 is 0.350 bits per heavy atom. The van der Waals surface area contributed by atoms with Crippen molar-refractivity contribution < 1.29 is 4.42 Å². The first-order valence-corrected chi connectivity index (χ1v) is 20.2. The third-order valence-electron chi connectivity index (χ3n) is 12.2. The van der Waals surface area contributed by atoms with Gasteiger partial charge in [-0.2, -0.15) is 4.98 Å². The highest BCUT2D eigenvalue weighted by Gasteiger charge is 2.23. The molecular weight excluding hydrogens is 735 g/mol. The van der Waals surface area contributed by atoms with Crippen LogP contribution in [0.1, 0.15) is 0 Å². The first-order valence-electron chi connectivity index (χ1n) is 20.2. The van der Waals surface area contributed by atoms with Crippen molar-refractivity contribution in [2.75, 3.05) is 0 Å². The van der Waals surface area contributed by atoms with Crippen molar-refractivity contribution in [3.63, 3.8) is 0 Å². The third-order valence-corrected chi connectivity index (χ3v) is 12.2. The lowest BCUT2D eigenvalue weighted by Gasteiger charge is -2.13. The van der Waals surface area contributed by atoms with Crippen LogP contribution in [0.5, 0.6) is 0 Å². The molecule has 0 fully saturated rings. The quantitative estimate of drug-likeness (QED) is 0.175. The maximum absolute atomic E-state index is 6.13. The minimum absolute atomic E-state index is 0.542. The van der Waals surface area contributed by atoms with E-state index in [0.717, 1.165) is 77.4 Å². The molecule has 0 unspecified atom stereocenters. The molecule has 0 saturated heterocycles. The van der Waals surface area contributed by atoms with Crippen LogP contribution in [-0.4, -0.2) is 23.7 Å². The summed E-state index contributed by atoms with van der Waals surface area (Å²) in [5.74, 6) is 0.556. The summed E-state index contributed by atoms with van der Waals surface area (Å²) < 4.78 is 13.0. The Kier molecular flexibility index (Phi) is 6.91. The summed E-state index contributed by atoms with van der Waals surface area (Å²) in [4.78, 5) is 10.6. The van der Waals surface area contributed by atoms with Gasteiger partial charge in [-0.25, -0.2) is 4.98 Å². The van der Waals surface area contributed by atoms with Crippen LogP contribution < -0.4 is 0 Å². The minimum Gasteiger partial charge on any atom is -0.446 e. The molecule has 13 rings (SSSR count). The second-order valence-electron chi connectivity index (χ2n) is 15.4. The van der Waals surface area contributed by atoms with E-state index in [1.165, 1.54) is 27.2 Å². The van der Waals surface area contributed by atoms with Crippen LogP contribution >= 0.6 is 0 Å². The number of nitrogens with zero attached hydrogens (tertiary/aromatic N) is 5. The minimum atomic E-state index is 0.542. The van der Waals surface area contributed by atoms with Crippen LogP contribution in [0.15, 0.2) is 205 Å². The molecule has 0 spiro atoms. The maximum Gasteiger partial charge on any atom is 0.238 e.